The first-order chi connectivity index (χ1) is 11.6. The SMILES string of the molecule is COCCOc1ccc(C#CC2(O)CN3CCC2CC3)cc1OC. The van der Waals surface area contributed by atoms with E-state index in [0.29, 0.717) is 31.3 Å². The van der Waals surface area contributed by atoms with Crippen LogP contribution < -0.4 is 9.47 Å². The molecule has 3 aliphatic heterocycles. The largest absolute Gasteiger partial charge is 0.493 e. The van der Waals surface area contributed by atoms with Gasteiger partial charge in [-0.05, 0) is 44.1 Å². The summed E-state index contributed by atoms with van der Waals surface area (Å²) in [6, 6.07) is 5.58. The molecule has 1 unspecified atom stereocenters. The molecule has 24 heavy (non-hydrogen) atoms. The molecule has 0 saturated carbocycles. The van der Waals surface area contributed by atoms with Crippen LogP contribution in [0.25, 0.3) is 0 Å². The van der Waals surface area contributed by atoms with Crippen LogP contribution in [-0.4, -0.2) is 62.7 Å². The zero-order valence-corrected chi connectivity index (χ0v) is 14.4. The Balaban J connectivity index is 1.74. The Kier molecular flexibility index (Phi) is 5.30. The quantitative estimate of drug-likeness (QED) is 0.655. The number of hydrogen-bond acceptors (Lipinski definition) is 5. The van der Waals surface area contributed by atoms with Crippen molar-refractivity contribution in [3.8, 4) is 23.3 Å². The van der Waals surface area contributed by atoms with Gasteiger partial charge < -0.3 is 19.3 Å². The van der Waals surface area contributed by atoms with Crippen molar-refractivity contribution in [1.82, 2.24) is 4.90 Å². The first-order valence-corrected chi connectivity index (χ1v) is 8.42. The van der Waals surface area contributed by atoms with E-state index in [1.807, 2.05) is 18.2 Å². The molecular formula is C19H25NO4. The van der Waals surface area contributed by atoms with E-state index in [1.54, 1.807) is 14.2 Å². The summed E-state index contributed by atoms with van der Waals surface area (Å²) in [4.78, 5) is 2.29. The third-order valence-corrected chi connectivity index (χ3v) is 4.86. The lowest BCUT2D eigenvalue weighted by atomic mass is 9.76. The Hall–Kier alpha value is -1.74. The van der Waals surface area contributed by atoms with Crippen molar-refractivity contribution in [1.29, 1.82) is 0 Å². The third-order valence-electron chi connectivity index (χ3n) is 4.86. The Bertz CT molecular complexity index is 628. The monoisotopic (exact) mass is 331 g/mol. The smallest absolute Gasteiger partial charge is 0.161 e. The highest BCUT2D eigenvalue weighted by molar-refractivity contribution is 5.49. The molecule has 3 aliphatic rings. The third kappa shape index (κ3) is 3.67. The van der Waals surface area contributed by atoms with E-state index >= 15 is 0 Å². The van der Waals surface area contributed by atoms with Crippen molar-refractivity contribution in [2.45, 2.75) is 18.4 Å². The summed E-state index contributed by atoms with van der Waals surface area (Å²) < 4.78 is 16.0. The molecule has 0 amide bonds. The second-order valence-electron chi connectivity index (χ2n) is 6.43. The minimum Gasteiger partial charge on any atom is -0.493 e. The summed E-state index contributed by atoms with van der Waals surface area (Å²) in [6.07, 6.45) is 2.06. The predicted molar refractivity (Wildman–Crippen MR) is 91.4 cm³/mol. The van der Waals surface area contributed by atoms with Crippen LogP contribution in [0.5, 0.6) is 11.5 Å². The summed E-state index contributed by atoms with van der Waals surface area (Å²) >= 11 is 0. The highest BCUT2D eigenvalue weighted by Gasteiger charge is 2.44. The molecule has 5 heteroatoms. The number of hydrogen-bond donors (Lipinski definition) is 1. The molecule has 1 aromatic rings. The summed E-state index contributed by atoms with van der Waals surface area (Å²) in [5.41, 5.74) is -0.0759. The predicted octanol–water partition coefficient (Wildman–Crippen LogP) is 1.53. The molecule has 1 N–H and O–H groups in total. The topological polar surface area (TPSA) is 51.2 Å². The van der Waals surface area contributed by atoms with Crippen molar-refractivity contribution in [3.63, 3.8) is 0 Å². The minimum absolute atomic E-state index is 0.286. The Labute approximate surface area is 143 Å². The molecule has 1 atom stereocenters. The van der Waals surface area contributed by atoms with E-state index in [1.165, 1.54) is 0 Å². The van der Waals surface area contributed by atoms with Crippen LogP contribution in [0.15, 0.2) is 18.2 Å². The van der Waals surface area contributed by atoms with E-state index in [-0.39, 0.29) is 5.92 Å². The number of fused-ring (bicyclic) bond motifs is 3. The zero-order chi connectivity index (χ0) is 17.0. The maximum atomic E-state index is 10.9. The molecule has 5 nitrogen and oxygen atoms in total. The summed E-state index contributed by atoms with van der Waals surface area (Å²) in [6.45, 7) is 3.80. The highest BCUT2D eigenvalue weighted by Crippen LogP contribution is 2.35. The van der Waals surface area contributed by atoms with Gasteiger partial charge in [-0.3, -0.25) is 4.90 Å². The fraction of sp³-hybridized carbons (Fsp3) is 0.579. The number of aliphatic hydroxyl groups is 1. The fourth-order valence-electron chi connectivity index (χ4n) is 3.46. The zero-order valence-electron chi connectivity index (χ0n) is 14.4. The van der Waals surface area contributed by atoms with Gasteiger partial charge in [0, 0.05) is 25.1 Å². The maximum Gasteiger partial charge on any atom is 0.161 e. The van der Waals surface area contributed by atoms with Gasteiger partial charge in [0.2, 0.25) is 0 Å². The number of piperidine rings is 3. The van der Waals surface area contributed by atoms with Gasteiger partial charge in [0.15, 0.2) is 11.5 Å². The fourth-order valence-corrected chi connectivity index (χ4v) is 3.46. The molecule has 0 aliphatic carbocycles. The molecule has 4 rings (SSSR count). The van der Waals surface area contributed by atoms with E-state index < -0.39 is 5.60 Å². The van der Waals surface area contributed by atoms with Crippen molar-refractivity contribution in [3.05, 3.63) is 23.8 Å². The Morgan fingerprint density at radius 2 is 2.00 bits per heavy atom. The molecule has 3 saturated heterocycles. The van der Waals surface area contributed by atoms with Crippen molar-refractivity contribution in [2.24, 2.45) is 5.92 Å². The van der Waals surface area contributed by atoms with Gasteiger partial charge in [-0.25, -0.2) is 0 Å². The van der Waals surface area contributed by atoms with Crippen LogP contribution in [0.4, 0.5) is 0 Å². The normalized spacial score (nSPS) is 28.1. The number of ether oxygens (including phenoxy) is 3. The average molecular weight is 331 g/mol. The molecule has 1 aromatic carbocycles. The highest BCUT2D eigenvalue weighted by atomic mass is 16.5. The second kappa shape index (κ2) is 7.43. The molecular weight excluding hydrogens is 306 g/mol. The summed E-state index contributed by atoms with van der Waals surface area (Å²) in [7, 11) is 3.25. The summed E-state index contributed by atoms with van der Waals surface area (Å²) in [5.74, 6) is 7.83. The molecule has 0 radical (unpaired) electrons. The Morgan fingerprint density at radius 3 is 2.62 bits per heavy atom. The van der Waals surface area contributed by atoms with E-state index in [4.69, 9.17) is 14.2 Å². The first kappa shape index (κ1) is 17.1. The van der Waals surface area contributed by atoms with Crippen LogP contribution in [0.1, 0.15) is 18.4 Å². The molecule has 0 spiro atoms. The van der Waals surface area contributed by atoms with Crippen LogP contribution >= 0.6 is 0 Å². The molecule has 0 aromatic heterocycles. The Morgan fingerprint density at radius 1 is 1.21 bits per heavy atom. The van der Waals surface area contributed by atoms with Gasteiger partial charge in [-0.1, -0.05) is 11.8 Å². The van der Waals surface area contributed by atoms with Gasteiger partial charge >= 0.3 is 0 Å². The number of rotatable bonds is 5. The first-order valence-electron chi connectivity index (χ1n) is 8.42. The van der Waals surface area contributed by atoms with Crippen LogP contribution in [0.2, 0.25) is 0 Å². The van der Waals surface area contributed by atoms with Gasteiger partial charge in [-0.2, -0.15) is 0 Å². The van der Waals surface area contributed by atoms with Crippen LogP contribution in [-0.2, 0) is 4.74 Å². The van der Waals surface area contributed by atoms with E-state index in [0.717, 1.165) is 31.5 Å². The lowest BCUT2D eigenvalue weighted by Gasteiger charge is -2.47. The van der Waals surface area contributed by atoms with Gasteiger partial charge in [0.1, 0.15) is 12.2 Å². The second-order valence-corrected chi connectivity index (χ2v) is 6.43. The number of methoxy groups -OCH3 is 2. The van der Waals surface area contributed by atoms with E-state index in [2.05, 4.69) is 16.7 Å². The van der Waals surface area contributed by atoms with Gasteiger partial charge in [-0.15, -0.1) is 0 Å². The minimum atomic E-state index is -0.891. The van der Waals surface area contributed by atoms with Crippen molar-refractivity contribution >= 4 is 0 Å². The van der Waals surface area contributed by atoms with Crippen LogP contribution in [0, 0.1) is 17.8 Å². The van der Waals surface area contributed by atoms with Crippen LogP contribution in [0.3, 0.4) is 0 Å². The molecule has 3 fully saturated rings. The van der Waals surface area contributed by atoms with Crippen molar-refractivity contribution < 1.29 is 19.3 Å². The number of nitrogens with zero attached hydrogens (tertiary/aromatic N) is 1. The van der Waals surface area contributed by atoms with Crippen molar-refractivity contribution in [2.75, 3.05) is 47.1 Å². The molecule has 3 heterocycles. The molecule has 130 valence electrons. The van der Waals surface area contributed by atoms with E-state index in [9.17, 15) is 5.11 Å². The average Bonchev–Trinajstić information content (AvgIpc) is 2.61. The lowest BCUT2D eigenvalue weighted by molar-refractivity contribution is -0.0713. The lowest BCUT2D eigenvalue weighted by Crippen LogP contribution is -2.58. The number of benzene rings is 1. The van der Waals surface area contributed by atoms with Gasteiger partial charge in [0.25, 0.3) is 0 Å². The standard InChI is InChI=1S/C19H25NO4/c1-22-11-12-24-17-4-3-15(13-18(17)23-2)5-8-19(21)14-20-9-6-16(19)7-10-20/h3-4,13,16,21H,6-7,9-12,14H2,1-2H3. The molecule has 2 bridgehead atoms. The maximum absolute atomic E-state index is 10.9. The van der Waals surface area contributed by atoms with Gasteiger partial charge in [0.05, 0.1) is 13.7 Å². The summed E-state index contributed by atoms with van der Waals surface area (Å²) in [5, 5.41) is 10.9.